The lowest BCUT2D eigenvalue weighted by Gasteiger charge is -2.40. The minimum absolute atomic E-state index is 0.282. The van der Waals surface area contributed by atoms with Gasteiger partial charge in [0.15, 0.2) is 0 Å². The number of ether oxygens (including phenoxy) is 3. The molecular weight excluding hydrogens is 288 g/mol. The normalized spacial score (nSPS) is 12.5. The molecule has 6 heteroatoms. The summed E-state index contributed by atoms with van der Waals surface area (Å²) in [4.78, 5) is 33.8. The van der Waals surface area contributed by atoms with E-state index in [0.29, 0.717) is 0 Å². The zero-order valence-electron chi connectivity index (χ0n) is 14.9. The van der Waals surface area contributed by atoms with Gasteiger partial charge in [0.25, 0.3) is 0 Å². The van der Waals surface area contributed by atoms with Crippen LogP contribution in [-0.4, -0.2) is 34.7 Å². The summed E-state index contributed by atoms with van der Waals surface area (Å²) in [6.07, 6.45) is 0.563. The highest BCUT2D eigenvalue weighted by atomic mass is 16.6. The van der Waals surface area contributed by atoms with E-state index in [2.05, 4.69) is 0 Å². The largest absolute Gasteiger partial charge is 0.460 e. The van der Waals surface area contributed by atoms with E-state index in [1.165, 1.54) is 20.8 Å². The quantitative estimate of drug-likeness (QED) is 0.531. The van der Waals surface area contributed by atoms with E-state index < -0.39 is 34.7 Å². The maximum Gasteiger partial charge on any atom is 0.303 e. The maximum atomic E-state index is 11.4. The van der Waals surface area contributed by atoms with E-state index in [1.807, 2.05) is 0 Å². The number of carbonyl (C=O) groups excluding carboxylic acids is 3. The average Bonchev–Trinajstić information content (AvgIpc) is 2.05. The van der Waals surface area contributed by atoms with Gasteiger partial charge >= 0.3 is 17.9 Å². The lowest BCUT2D eigenvalue weighted by Crippen LogP contribution is -2.46. The third-order valence-corrected chi connectivity index (χ3v) is 2.83. The Kier molecular flexibility index (Phi) is 6.60. The van der Waals surface area contributed by atoms with E-state index in [9.17, 15) is 14.4 Å². The molecule has 0 N–H and O–H groups in total. The van der Waals surface area contributed by atoms with Gasteiger partial charge in [-0.2, -0.15) is 0 Å². The molecule has 0 aromatic heterocycles. The molecule has 0 aliphatic heterocycles. The second kappa shape index (κ2) is 7.11. The maximum absolute atomic E-state index is 11.4. The molecule has 128 valence electrons. The lowest BCUT2D eigenvalue weighted by atomic mass is 9.82. The van der Waals surface area contributed by atoms with Crippen LogP contribution in [0.2, 0.25) is 0 Å². The molecule has 0 unspecified atom stereocenters. The van der Waals surface area contributed by atoms with Gasteiger partial charge in [0.05, 0.1) is 0 Å². The van der Waals surface area contributed by atoms with Crippen molar-refractivity contribution in [2.75, 3.05) is 0 Å². The van der Waals surface area contributed by atoms with Crippen molar-refractivity contribution in [2.24, 2.45) is 0 Å². The first-order chi connectivity index (χ1) is 9.66. The van der Waals surface area contributed by atoms with Gasteiger partial charge in [0, 0.05) is 33.6 Å². The summed E-state index contributed by atoms with van der Waals surface area (Å²) in [5.41, 5.74) is -2.57. The second-order valence-electron chi connectivity index (χ2n) is 7.10. The van der Waals surface area contributed by atoms with Gasteiger partial charge < -0.3 is 14.2 Å². The summed E-state index contributed by atoms with van der Waals surface area (Å²) >= 11 is 0. The summed E-state index contributed by atoms with van der Waals surface area (Å²) in [6, 6.07) is 0. The SMILES string of the molecule is CC(=O)OC(C)(C)CC(C)(CC(C)(C)OC(C)=O)OC(C)=O. The molecule has 0 atom stereocenters. The zero-order valence-corrected chi connectivity index (χ0v) is 14.9. The molecule has 0 heterocycles. The highest BCUT2D eigenvalue weighted by Gasteiger charge is 2.42. The second-order valence-corrected chi connectivity index (χ2v) is 7.10. The Morgan fingerprint density at radius 2 is 0.909 bits per heavy atom. The van der Waals surface area contributed by atoms with E-state index in [0.717, 1.165) is 0 Å². The van der Waals surface area contributed by atoms with Crippen LogP contribution >= 0.6 is 0 Å². The van der Waals surface area contributed by atoms with Crippen LogP contribution in [0, 0.1) is 0 Å². The summed E-state index contributed by atoms with van der Waals surface area (Å²) in [6.45, 7) is 12.7. The molecule has 0 fully saturated rings. The van der Waals surface area contributed by atoms with Crippen LogP contribution in [-0.2, 0) is 28.6 Å². The Bertz CT molecular complexity index is 406. The van der Waals surface area contributed by atoms with Crippen molar-refractivity contribution in [1.29, 1.82) is 0 Å². The minimum atomic E-state index is -0.941. The minimum Gasteiger partial charge on any atom is -0.460 e. The molecule has 0 spiro atoms. The fraction of sp³-hybridized carbons (Fsp3) is 0.812. The Labute approximate surface area is 132 Å². The first-order valence-corrected chi connectivity index (χ1v) is 7.25. The predicted octanol–water partition coefficient (Wildman–Crippen LogP) is 2.77. The molecule has 0 aromatic carbocycles. The number of esters is 3. The monoisotopic (exact) mass is 316 g/mol. The average molecular weight is 316 g/mol. The van der Waals surface area contributed by atoms with Crippen LogP contribution < -0.4 is 0 Å². The van der Waals surface area contributed by atoms with Crippen LogP contribution in [0.1, 0.15) is 68.2 Å². The van der Waals surface area contributed by atoms with E-state index >= 15 is 0 Å². The number of carbonyl (C=O) groups is 3. The van der Waals surface area contributed by atoms with Crippen LogP contribution in [0.5, 0.6) is 0 Å². The molecule has 0 aliphatic rings. The third-order valence-electron chi connectivity index (χ3n) is 2.83. The van der Waals surface area contributed by atoms with Crippen molar-refractivity contribution in [1.82, 2.24) is 0 Å². The molecule has 0 radical (unpaired) electrons. The first kappa shape index (κ1) is 20.4. The fourth-order valence-corrected chi connectivity index (χ4v) is 3.13. The molecule has 6 nitrogen and oxygen atoms in total. The van der Waals surface area contributed by atoms with Gasteiger partial charge in [-0.25, -0.2) is 0 Å². The summed E-state index contributed by atoms with van der Waals surface area (Å²) in [5.74, 6) is -1.26. The fourth-order valence-electron chi connectivity index (χ4n) is 3.13. The van der Waals surface area contributed by atoms with Crippen molar-refractivity contribution < 1.29 is 28.6 Å². The van der Waals surface area contributed by atoms with Gasteiger partial charge in [-0.1, -0.05) is 0 Å². The molecule has 22 heavy (non-hydrogen) atoms. The zero-order chi connectivity index (χ0) is 17.8. The molecule has 0 amide bonds. The van der Waals surface area contributed by atoms with Gasteiger partial charge in [-0.15, -0.1) is 0 Å². The van der Waals surface area contributed by atoms with E-state index in [1.54, 1.807) is 34.6 Å². The molecule has 0 saturated heterocycles. The third kappa shape index (κ3) is 8.64. The van der Waals surface area contributed by atoms with Crippen LogP contribution in [0.3, 0.4) is 0 Å². The Morgan fingerprint density at radius 1 is 0.636 bits per heavy atom. The van der Waals surface area contributed by atoms with Gasteiger partial charge in [-0.3, -0.25) is 14.4 Å². The smallest absolute Gasteiger partial charge is 0.303 e. The van der Waals surface area contributed by atoms with Crippen LogP contribution in [0.15, 0.2) is 0 Å². The molecule has 0 aliphatic carbocycles. The molecule has 0 aromatic rings. The highest BCUT2D eigenvalue weighted by molar-refractivity contribution is 5.67. The van der Waals surface area contributed by atoms with E-state index in [4.69, 9.17) is 14.2 Å². The number of hydrogen-bond donors (Lipinski definition) is 0. The van der Waals surface area contributed by atoms with Crippen LogP contribution in [0.25, 0.3) is 0 Å². The van der Waals surface area contributed by atoms with E-state index in [-0.39, 0.29) is 12.8 Å². The topological polar surface area (TPSA) is 78.9 Å². The Morgan fingerprint density at radius 3 is 1.14 bits per heavy atom. The molecular formula is C16H28O6. The first-order valence-electron chi connectivity index (χ1n) is 7.25. The summed E-state index contributed by atoms with van der Waals surface area (Å²) in [5, 5.41) is 0. The Hall–Kier alpha value is -1.59. The highest BCUT2D eigenvalue weighted by Crippen LogP contribution is 2.35. The van der Waals surface area contributed by atoms with Crippen LogP contribution in [0.4, 0.5) is 0 Å². The van der Waals surface area contributed by atoms with Crippen molar-refractivity contribution in [3.63, 3.8) is 0 Å². The van der Waals surface area contributed by atoms with Gasteiger partial charge in [-0.05, 0) is 34.6 Å². The summed E-state index contributed by atoms with van der Waals surface area (Å²) < 4.78 is 16.0. The van der Waals surface area contributed by atoms with Crippen molar-refractivity contribution in [3.8, 4) is 0 Å². The molecule has 0 rings (SSSR count). The lowest BCUT2D eigenvalue weighted by molar-refractivity contribution is -0.179. The molecule has 0 bridgehead atoms. The standard InChI is InChI=1S/C16H28O6/c1-11(17)20-14(4,5)9-16(8,22-13(3)19)10-15(6,7)21-12(2)18/h9-10H2,1-8H3. The van der Waals surface area contributed by atoms with Crippen molar-refractivity contribution in [2.45, 2.75) is 85.0 Å². The number of rotatable bonds is 7. The number of hydrogen-bond acceptors (Lipinski definition) is 6. The Balaban J connectivity index is 5.27. The van der Waals surface area contributed by atoms with Gasteiger partial charge in [0.1, 0.15) is 16.8 Å². The molecule has 0 saturated carbocycles. The van der Waals surface area contributed by atoms with Crippen molar-refractivity contribution >= 4 is 17.9 Å². The van der Waals surface area contributed by atoms with Crippen molar-refractivity contribution in [3.05, 3.63) is 0 Å². The predicted molar refractivity (Wildman–Crippen MR) is 81.1 cm³/mol. The van der Waals surface area contributed by atoms with Gasteiger partial charge in [0.2, 0.25) is 0 Å². The summed E-state index contributed by atoms with van der Waals surface area (Å²) in [7, 11) is 0.